The van der Waals surface area contributed by atoms with Crippen LogP contribution in [0.2, 0.25) is 0 Å². The SMILES string of the molecule is CC(=O)Nc1cccc(C(=O)Nc2c(C)n[nH]c2C)c1. The molecule has 0 spiro atoms. The number of hydrogen-bond acceptors (Lipinski definition) is 3. The zero-order valence-electron chi connectivity index (χ0n) is 11.6. The molecule has 0 saturated heterocycles. The van der Waals surface area contributed by atoms with E-state index in [2.05, 4.69) is 20.8 Å². The maximum atomic E-state index is 12.2. The molecule has 0 fully saturated rings. The molecule has 6 nitrogen and oxygen atoms in total. The number of H-pyrrole nitrogens is 1. The molecule has 2 rings (SSSR count). The molecule has 1 heterocycles. The molecule has 104 valence electrons. The minimum atomic E-state index is -0.246. The highest BCUT2D eigenvalue weighted by Crippen LogP contribution is 2.18. The highest BCUT2D eigenvalue weighted by atomic mass is 16.2. The van der Waals surface area contributed by atoms with Gasteiger partial charge >= 0.3 is 0 Å². The summed E-state index contributed by atoms with van der Waals surface area (Å²) in [6, 6.07) is 6.76. The van der Waals surface area contributed by atoms with Crippen molar-refractivity contribution in [3.05, 3.63) is 41.2 Å². The van der Waals surface area contributed by atoms with E-state index in [9.17, 15) is 9.59 Å². The molecule has 6 heteroatoms. The fraction of sp³-hybridized carbons (Fsp3) is 0.214. The lowest BCUT2D eigenvalue weighted by Crippen LogP contribution is -2.14. The minimum Gasteiger partial charge on any atom is -0.326 e. The first-order valence-electron chi connectivity index (χ1n) is 6.18. The third-order valence-electron chi connectivity index (χ3n) is 2.81. The molecule has 1 aromatic carbocycles. The van der Waals surface area contributed by atoms with Gasteiger partial charge in [-0.2, -0.15) is 5.10 Å². The lowest BCUT2D eigenvalue weighted by molar-refractivity contribution is -0.114. The van der Waals surface area contributed by atoms with Crippen LogP contribution in [0.4, 0.5) is 11.4 Å². The second-order valence-electron chi connectivity index (χ2n) is 4.53. The zero-order valence-corrected chi connectivity index (χ0v) is 11.6. The fourth-order valence-electron chi connectivity index (χ4n) is 1.86. The van der Waals surface area contributed by atoms with Gasteiger partial charge in [0.25, 0.3) is 5.91 Å². The second-order valence-corrected chi connectivity index (χ2v) is 4.53. The van der Waals surface area contributed by atoms with E-state index >= 15 is 0 Å². The Hall–Kier alpha value is -2.63. The first-order valence-corrected chi connectivity index (χ1v) is 6.18. The van der Waals surface area contributed by atoms with Gasteiger partial charge in [-0.3, -0.25) is 14.7 Å². The maximum absolute atomic E-state index is 12.2. The Morgan fingerprint density at radius 1 is 1.20 bits per heavy atom. The van der Waals surface area contributed by atoms with Crippen molar-refractivity contribution in [1.29, 1.82) is 0 Å². The van der Waals surface area contributed by atoms with Crippen molar-refractivity contribution in [1.82, 2.24) is 10.2 Å². The summed E-state index contributed by atoms with van der Waals surface area (Å²) >= 11 is 0. The Morgan fingerprint density at radius 2 is 1.95 bits per heavy atom. The Kier molecular flexibility index (Phi) is 3.84. The van der Waals surface area contributed by atoms with Gasteiger partial charge in [-0.15, -0.1) is 0 Å². The van der Waals surface area contributed by atoms with Crippen molar-refractivity contribution >= 4 is 23.2 Å². The third kappa shape index (κ3) is 3.03. The predicted molar refractivity (Wildman–Crippen MR) is 76.8 cm³/mol. The number of carbonyl (C=O) groups excluding carboxylic acids is 2. The molecule has 20 heavy (non-hydrogen) atoms. The second kappa shape index (κ2) is 5.56. The predicted octanol–water partition coefficient (Wildman–Crippen LogP) is 2.24. The summed E-state index contributed by atoms with van der Waals surface area (Å²) < 4.78 is 0. The number of carbonyl (C=O) groups is 2. The molecule has 1 aromatic heterocycles. The molecule has 0 radical (unpaired) electrons. The van der Waals surface area contributed by atoms with Gasteiger partial charge in [0.15, 0.2) is 0 Å². The molecule has 0 atom stereocenters. The first kappa shape index (κ1) is 13.8. The van der Waals surface area contributed by atoms with Gasteiger partial charge in [0, 0.05) is 18.2 Å². The highest BCUT2D eigenvalue weighted by molar-refractivity contribution is 6.05. The molecule has 0 aliphatic rings. The maximum Gasteiger partial charge on any atom is 0.255 e. The van der Waals surface area contributed by atoms with Crippen molar-refractivity contribution < 1.29 is 9.59 Å². The molecule has 0 bridgehead atoms. The molecule has 0 aliphatic heterocycles. The molecule has 2 amide bonds. The number of benzene rings is 1. The van der Waals surface area contributed by atoms with Crippen LogP contribution in [0.3, 0.4) is 0 Å². The van der Waals surface area contributed by atoms with E-state index in [1.807, 2.05) is 13.8 Å². The van der Waals surface area contributed by atoms with E-state index in [0.29, 0.717) is 16.9 Å². The normalized spacial score (nSPS) is 10.2. The van der Waals surface area contributed by atoms with Crippen LogP contribution in [0.15, 0.2) is 24.3 Å². The van der Waals surface area contributed by atoms with Crippen LogP contribution >= 0.6 is 0 Å². The van der Waals surface area contributed by atoms with Crippen molar-refractivity contribution in [2.75, 3.05) is 10.6 Å². The summed E-state index contributed by atoms with van der Waals surface area (Å²) in [4.78, 5) is 23.2. The molecular formula is C14H16N4O2. The Bertz CT molecular complexity index is 641. The number of anilines is 2. The van der Waals surface area contributed by atoms with Crippen molar-refractivity contribution in [2.24, 2.45) is 0 Å². The quantitative estimate of drug-likeness (QED) is 0.800. The standard InChI is InChI=1S/C14H16N4O2/c1-8-13(9(2)18-17-8)16-14(20)11-5-4-6-12(7-11)15-10(3)19/h4-7H,1-3H3,(H,15,19)(H,16,20)(H,17,18). The van der Waals surface area contributed by atoms with E-state index in [1.54, 1.807) is 24.3 Å². The van der Waals surface area contributed by atoms with E-state index in [4.69, 9.17) is 0 Å². The number of rotatable bonds is 3. The summed E-state index contributed by atoms with van der Waals surface area (Å²) in [5, 5.41) is 12.3. The number of hydrogen-bond donors (Lipinski definition) is 3. The van der Waals surface area contributed by atoms with E-state index in [1.165, 1.54) is 6.92 Å². The Morgan fingerprint density at radius 3 is 2.55 bits per heavy atom. The van der Waals surface area contributed by atoms with Crippen LogP contribution in [0.25, 0.3) is 0 Å². The van der Waals surface area contributed by atoms with Crippen LogP contribution < -0.4 is 10.6 Å². The number of amides is 2. The number of aromatic nitrogens is 2. The summed E-state index contributed by atoms with van der Waals surface area (Å²) in [6.07, 6.45) is 0. The van der Waals surface area contributed by atoms with Gasteiger partial charge in [-0.25, -0.2) is 0 Å². The average molecular weight is 272 g/mol. The topological polar surface area (TPSA) is 86.9 Å². The summed E-state index contributed by atoms with van der Waals surface area (Å²) in [5.41, 5.74) is 3.27. The number of nitrogens with zero attached hydrogens (tertiary/aromatic N) is 1. The lowest BCUT2D eigenvalue weighted by atomic mass is 10.1. The molecule has 0 aliphatic carbocycles. The molecule has 3 N–H and O–H groups in total. The van der Waals surface area contributed by atoms with Crippen molar-refractivity contribution in [3.63, 3.8) is 0 Å². The summed E-state index contributed by atoms with van der Waals surface area (Å²) in [6.45, 7) is 5.07. The third-order valence-corrected chi connectivity index (χ3v) is 2.81. The minimum absolute atomic E-state index is 0.177. The van der Waals surface area contributed by atoms with Crippen LogP contribution in [-0.4, -0.2) is 22.0 Å². The number of nitrogens with one attached hydrogen (secondary N) is 3. The molecule has 2 aromatic rings. The van der Waals surface area contributed by atoms with Crippen LogP contribution in [0, 0.1) is 13.8 Å². The van der Waals surface area contributed by atoms with Gasteiger partial charge < -0.3 is 10.6 Å². The number of aromatic amines is 1. The fourth-order valence-corrected chi connectivity index (χ4v) is 1.86. The van der Waals surface area contributed by atoms with Crippen LogP contribution in [0.5, 0.6) is 0 Å². The highest BCUT2D eigenvalue weighted by Gasteiger charge is 2.12. The smallest absolute Gasteiger partial charge is 0.255 e. The lowest BCUT2D eigenvalue weighted by Gasteiger charge is -2.07. The van der Waals surface area contributed by atoms with Gasteiger partial charge in [0.2, 0.25) is 5.91 Å². The molecule has 0 unspecified atom stereocenters. The van der Waals surface area contributed by atoms with Crippen LogP contribution in [0.1, 0.15) is 28.7 Å². The zero-order chi connectivity index (χ0) is 14.7. The van der Waals surface area contributed by atoms with Gasteiger partial charge in [0.05, 0.1) is 17.1 Å². The van der Waals surface area contributed by atoms with E-state index < -0.39 is 0 Å². The van der Waals surface area contributed by atoms with Crippen molar-refractivity contribution in [2.45, 2.75) is 20.8 Å². The monoisotopic (exact) mass is 272 g/mol. The van der Waals surface area contributed by atoms with E-state index in [0.717, 1.165) is 11.4 Å². The van der Waals surface area contributed by atoms with E-state index in [-0.39, 0.29) is 11.8 Å². The summed E-state index contributed by atoms with van der Waals surface area (Å²) in [7, 11) is 0. The molecule has 0 saturated carbocycles. The van der Waals surface area contributed by atoms with Gasteiger partial charge in [-0.05, 0) is 32.0 Å². The summed E-state index contributed by atoms with van der Waals surface area (Å²) in [5.74, 6) is -0.422. The average Bonchev–Trinajstić information content (AvgIpc) is 2.70. The number of aryl methyl sites for hydroxylation is 2. The van der Waals surface area contributed by atoms with Gasteiger partial charge in [-0.1, -0.05) is 6.07 Å². The van der Waals surface area contributed by atoms with Crippen molar-refractivity contribution in [3.8, 4) is 0 Å². The van der Waals surface area contributed by atoms with Crippen LogP contribution in [-0.2, 0) is 4.79 Å². The Labute approximate surface area is 116 Å². The first-order chi connectivity index (χ1) is 9.47. The van der Waals surface area contributed by atoms with Gasteiger partial charge in [0.1, 0.15) is 0 Å². The largest absolute Gasteiger partial charge is 0.326 e. The Balaban J connectivity index is 2.19. The molecular weight excluding hydrogens is 256 g/mol.